The zero-order chi connectivity index (χ0) is 19.7. The number of carboxylic acids is 1. The Kier molecular flexibility index (Phi) is 5.19. The second-order valence-corrected chi connectivity index (χ2v) is 7.12. The van der Waals surface area contributed by atoms with Crippen LogP contribution in [0.25, 0.3) is 16.8 Å². The van der Waals surface area contributed by atoms with Crippen molar-refractivity contribution >= 4 is 29.0 Å². The van der Waals surface area contributed by atoms with E-state index in [9.17, 15) is 9.90 Å². The number of piperidine rings is 1. The Balaban J connectivity index is 1.85. The first-order valence-corrected chi connectivity index (χ1v) is 9.69. The summed E-state index contributed by atoms with van der Waals surface area (Å²) in [6.07, 6.45) is 5.07. The van der Waals surface area contributed by atoms with Crippen LogP contribution < -0.4 is 4.90 Å². The number of aromatic carboxylic acids is 1. The van der Waals surface area contributed by atoms with E-state index in [4.69, 9.17) is 16.3 Å². The minimum absolute atomic E-state index is 0.0798. The van der Waals surface area contributed by atoms with E-state index in [2.05, 4.69) is 15.0 Å². The van der Waals surface area contributed by atoms with Gasteiger partial charge >= 0.3 is 5.97 Å². The minimum atomic E-state index is -1.05. The van der Waals surface area contributed by atoms with Crippen LogP contribution in [0.4, 0.5) is 5.82 Å². The van der Waals surface area contributed by atoms with Gasteiger partial charge in [0.15, 0.2) is 5.65 Å². The Morgan fingerprint density at radius 1 is 1.25 bits per heavy atom. The summed E-state index contributed by atoms with van der Waals surface area (Å²) in [5.41, 5.74) is 2.07. The highest BCUT2D eigenvalue weighted by atomic mass is 35.5. The molecule has 1 N–H and O–H groups in total. The van der Waals surface area contributed by atoms with E-state index >= 15 is 0 Å². The topological polar surface area (TPSA) is 80.0 Å². The van der Waals surface area contributed by atoms with Crippen molar-refractivity contribution in [1.82, 2.24) is 14.6 Å². The largest absolute Gasteiger partial charge is 0.477 e. The van der Waals surface area contributed by atoms with E-state index in [1.54, 1.807) is 10.7 Å². The number of aromatic nitrogens is 3. The smallest absolute Gasteiger partial charge is 0.341 e. The van der Waals surface area contributed by atoms with E-state index < -0.39 is 5.97 Å². The number of halogens is 1. The average Bonchev–Trinajstić information content (AvgIpc) is 3.13. The standard InChI is InChI=1S/C20H21ClN4O3/c1-2-28-13-7-9-24(10-8-13)19-15(14-5-3-4-6-17(14)21)11-22-18-16(20(26)27)12-23-25(18)19/h3-6,11-13H,2,7-10H2,1H3,(H,26,27). The number of ether oxygens (including phenoxy) is 1. The molecular formula is C20H21ClN4O3. The average molecular weight is 401 g/mol. The first-order chi connectivity index (χ1) is 13.6. The molecule has 0 unspecified atom stereocenters. The SMILES string of the molecule is CCOC1CCN(c2c(-c3ccccc3Cl)cnc3c(C(=O)O)cnn23)CC1. The molecule has 8 heteroatoms. The Morgan fingerprint density at radius 3 is 2.68 bits per heavy atom. The highest BCUT2D eigenvalue weighted by molar-refractivity contribution is 6.33. The van der Waals surface area contributed by atoms with Gasteiger partial charge in [0, 0.05) is 42.0 Å². The van der Waals surface area contributed by atoms with E-state index in [0.29, 0.717) is 17.3 Å². The quantitative estimate of drug-likeness (QED) is 0.702. The number of fused-ring (bicyclic) bond motifs is 1. The molecule has 3 heterocycles. The first kappa shape index (κ1) is 18.7. The second-order valence-electron chi connectivity index (χ2n) is 6.72. The van der Waals surface area contributed by atoms with Crippen molar-refractivity contribution in [2.45, 2.75) is 25.9 Å². The van der Waals surface area contributed by atoms with Crippen LogP contribution in [0.1, 0.15) is 30.1 Å². The van der Waals surface area contributed by atoms with Gasteiger partial charge in [0.2, 0.25) is 0 Å². The molecule has 0 spiro atoms. The summed E-state index contributed by atoms with van der Waals surface area (Å²) in [6, 6.07) is 7.56. The number of nitrogens with zero attached hydrogens (tertiary/aromatic N) is 4. The van der Waals surface area contributed by atoms with Crippen LogP contribution in [-0.2, 0) is 4.74 Å². The van der Waals surface area contributed by atoms with Crippen molar-refractivity contribution in [3.63, 3.8) is 0 Å². The molecule has 1 saturated heterocycles. The van der Waals surface area contributed by atoms with Crippen molar-refractivity contribution in [3.05, 3.63) is 47.2 Å². The Bertz CT molecular complexity index is 1010. The summed E-state index contributed by atoms with van der Waals surface area (Å²) in [6.45, 7) is 4.27. The molecule has 7 nitrogen and oxygen atoms in total. The van der Waals surface area contributed by atoms with Crippen LogP contribution in [0.15, 0.2) is 36.7 Å². The van der Waals surface area contributed by atoms with Crippen LogP contribution in [0.3, 0.4) is 0 Å². The number of benzene rings is 1. The number of hydrogen-bond acceptors (Lipinski definition) is 5. The third-order valence-corrected chi connectivity index (χ3v) is 5.37. The van der Waals surface area contributed by atoms with Crippen molar-refractivity contribution in [2.75, 3.05) is 24.6 Å². The van der Waals surface area contributed by atoms with Gasteiger partial charge in [-0.1, -0.05) is 29.8 Å². The molecule has 1 aliphatic heterocycles. The Hall–Kier alpha value is -2.64. The van der Waals surface area contributed by atoms with Gasteiger partial charge in [0.1, 0.15) is 11.4 Å². The van der Waals surface area contributed by atoms with Gasteiger partial charge in [0.25, 0.3) is 0 Å². The molecule has 1 aromatic carbocycles. The van der Waals surface area contributed by atoms with E-state index in [0.717, 1.165) is 42.9 Å². The highest BCUT2D eigenvalue weighted by Crippen LogP contribution is 2.36. The molecule has 0 amide bonds. The summed E-state index contributed by atoms with van der Waals surface area (Å²) >= 11 is 6.45. The molecule has 0 saturated carbocycles. The molecular weight excluding hydrogens is 380 g/mol. The lowest BCUT2D eigenvalue weighted by Gasteiger charge is -2.34. The van der Waals surface area contributed by atoms with Crippen LogP contribution in [0.2, 0.25) is 5.02 Å². The van der Waals surface area contributed by atoms with Gasteiger partial charge < -0.3 is 14.7 Å². The van der Waals surface area contributed by atoms with Crippen molar-refractivity contribution in [3.8, 4) is 11.1 Å². The minimum Gasteiger partial charge on any atom is -0.477 e. The predicted octanol–water partition coefficient (Wildman–Crippen LogP) is 3.75. The van der Waals surface area contributed by atoms with Crippen LogP contribution in [0, 0.1) is 0 Å². The summed E-state index contributed by atoms with van der Waals surface area (Å²) in [4.78, 5) is 18.1. The molecule has 28 heavy (non-hydrogen) atoms. The van der Waals surface area contributed by atoms with Gasteiger partial charge in [-0.15, -0.1) is 0 Å². The Labute approximate surface area is 167 Å². The van der Waals surface area contributed by atoms with Crippen molar-refractivity contribution in [1.29, 1.82) is 0 Å². The second kappa shape index (κ2) is 7.77. The number of anilines is 1. The number of carboxylic acid groups (broad SMARTS) is 1. The van der Waals surface area contributed by atoms with Crippen LogP contribution in [-0.4, -0.2) is 51.5 Å². The zero-order valence-corrected chi connectivity index (χ0v) is 16.3. The van der Waals surface area contributed by atoms with Gasteiger partial charge in [-0.2, -0.15) is 9.61 Å². The van der Waals surface area contributed by atoms with Crippen LogP contribution >= 0.6 is 11.6 Å². The van der Waals surface area contributed by atoms with Gasteiger partial charge in [-0.25, -0.2) is 9.78 Å². The molecule has 0 aliphatic carbocycles. The lowest BCUT2D eigenvalue weighted by atomic mass is 10.0. The summed E-state index contributed by atoms with van der Waals surface area (Å²) in [5.74, 6) is -0.241. The fraction of sp³-hybridized carbons (Fsp3) is 0.350. The fourth-order valence-corrected chi connectivity index (χ4v) is 3.95. The van der Waals surface area contributed by atoms with E-state index in [1.165, 1.54) is 6.20 Å². The molecule has 0 atom stereocenters. The molecule has 146 valence electrons. The van der Waals surface area contributed by atoms with Crippen molar-refractivity contribution in [2.24, 2.45) is 0 Å². The van der Waals surface area contributed by atoms with E-state index in [1.807, 2.05) is 31.2 Å². The van der Waals surface area contributed by atoms with Crippen LogP contribution in [0.5, 0.6) is 0 Å². The zero-order valence-electron chi connectivity index (χ0n) is 15.5. The number of carbonyl (C=O) groups is 1. The maximum absolute atomic E-state index is 11.5. The highest BCUT2D eigenvalue weighted by Gasteiger charge is 2.26. The van der Waals surface area contributed by atoms with Gasteiger partial charge in [-0.3, -0.25) is 0 Å². The first-order valence-electron chi connectivity index (χ1n) is 9.31. The molecule has 2 aromatic heterocycles. The maximum atomic E-state index is 11.5. The monoisotopic (exact) mass is 400 g/mol. The summed E-state index contributed by atoms with van der Waals surface area (Å²) in [5, 5.41) is 14.4. The molecule has 0 radical (unpaired) electrons. The van der Waals surface area contributed by atoms with Gasteiger partial charge in [0.05, 0.1) is 12.3 Å². The lowest BCUT2D eigenvalue weighted by Crippen LogP contribution is -2.38. The summed E-state index contributed by atoms with van der Waals surface area (Å²) < 4.78 is 7.38. The number of rotatable bonds is 5. The Morgan fingerprint density at radius 2 is 2.00 bits per heavy atom. The molecule has 0 bridgehead atoms. The molecule has 1 aliphatic rings. The maximum Gasteiger partial charge on any atom is 0.341 e. The summed E-state index contributed by atoms with van der Waals surface area (Å²) in [7, 11) is 0. The third-order valence-electron chi connectivity index (χ3n) is 5.04. The molecule has 4 rings (SSSR count). The lowest BCUT2D eigenvalue weighted by molar-refractivity contribution is 0.0458. The van der Waals surface area contributed by atoms with E-state index in [-0.39, 0.29) is 11.7 Å². The van der Waals surface area contributed by atoms with Gasteiger partial charge in [-0.05, 0) is 25.8 Å². The third kappa shape index (κ3) is 3.31. The number of hydrogen-bond donors (Lipinski definition) is 1. The molecule has 3 aromatic rings. The fourth-order valence-electron chi connectivity index (χ4n) is 3.71. The molecule has 1 fully saturated rings. The normalized spacial score (nSPS) is 15.3. The van der Waals surface area contributed by atoms with Crippen molar-refractivity contribution < 1.29 is 14.6 Å². The predicted molar refractivity (Wildman–Crippen MR) is 107 cm³/mol.